The molecule has 0 aliphatic carbocycles. The fourth-order valence-corrected chi connectivity index (χ4v) is 3.50. The first-order valence-electron chi connectivity index (χ1n) is 10.0. The zero-order valence-corrected chi connectivity index (χ0v) is 16.9. The van der Waals surface area contributed by atoms with Crippen LogP contribution >= 0.6 is 0 Å². The highest BCUT2D eigenvalue weighted by Crippen LogP contribution is 2.19. The summed E-state index contributed by atoms with van der Waals surface area (Å²) in [6.07, 6.45) is -0.298. The van der Waals surface area contributed by atoms with Crippen LogP contribution in [0.2, 0.25) is 0 Å². The standard InChI is InChI=1S/C20H31N5O3/c1-3-28-20(27)25-14-12-24(13-15-25)19(26)16-21-17-4-6-18(7-5-17)23-10-8-22(2)9-11-23/h4-7,21H,3,8-16H2,1-2H3. The molecule has 2 aliphatic rings. The summed E-state index contributed by atoms with van der Waals surface area (Å²) < 4.78 is 5.01. The Kier molecular flexibility index (Phi) is 6.97. The molecule has 1 aromatic carbocycles. The predicted octanol–water partition coefficient (Wildman–Crippen LogP) is 1.15. The van der Waals surface area contributed by atoms with Crippen molar-refractivity contribution in [3.63, 3.8) is 0 Å². The highest BCUT2D eigenvalue weighted by atomic mass is 16.6. The highest BCUT2D eigenvalue weighted by molar-refractivity contribution is 5.81. The number of ether oxygens (including phenoxy) is 1. The van der Waals surface area contributed by atoms with Gasteiger partial charge in [0, 0.05) is 63.7 Å². The summed E-state index contributed by atoms with van der Waals surface area (Å²) in [6, 6.07) is 8.27. The van der Waals surface area contributed by atoms with E-state index in [1.54, 1.807) is 16.7 Å². The fraction of sp³-hybridized carbons (Fsp3) is 0.600. The van der Waals surface area contributed by atoms with E-state index in [0.717, 1.165) is 31.9 Å². The van der Waals surface area contributed by atoms with Gasteiger partial charge in [0.1, 0.15) is 0 Å². The van der Waals surface area contributed by atoms with Crippen molar-refractivity contribution in [2.24, 2.45) is 0 Å². The van der Waals surface area contributed by atoms with Crippen LogP contribution in [-0.2, 0) is 9.53 Å². The van der Waals surface area contributed by atoms with Gasteiger partial charge in [-0.2, -0.15) is 0 Å². The molecule has 0 unspecified atom stereocenters. The Morgan fingerprint density at radius 2 is 1.54 bits per heavy atom. The lowest BCUT2D eigenvalue weighted by atomic mass is 10.2. The first-order chi connectivity index (χ1) is 13.6. The monoisotopic (exact) mass is 389 g/mol. The third-order valence-electron chi connectivity index (χ3n) is 5.34. The van der Waals surface area contributed by atoms with E-state index in [2.05, 4.69) is 34.3 Å². The molecule has 154 valence electrons. The van der Waals surface area contributed by atoms with Crippen LogP contribution in [0.25, 0.3) is 0 Å². The summed E-state index contributed by atoms with van der Waals surface area (Å²) >= 11 is 0. The van der Waals surface area contributed by atoms with Crippen molar-refractivity contribution in [1.82, 2.24) is 14.7 Å². The quantitative estimate of drug-likeness (QED) is 0.815. The maximum absolute atomic E-state index is 12.4. The van der Waals surface area contributed by atoms with Crippen molar-refractivity contribution < 1.29 is 14.3 Å². The Labute approximate surface area is 167 Å². The van der Waals surface area contributed by atoms with Crippen molar-refractivity contribution in [3.8, 4) is 0 Å². The molecule has 0 atom stereocenters. The summed E-state index contributed by atoms with van der Waals surface area (Å²) in [5.74, 6) is 0.0478. The lowest BCUT2D eigenvalue weighted by Gasteiger charge is -2.34. The normalized spacial score (nSPS) is 18.1. The number of hydrogen-bond acceptors (Lipinski definition) is 6. The van der Waals surface area contributed by atoms with Gasteiger partial charge in [0.2, 0.25) is 5.91 Å². The van der Waals surface area contributed by atoms with Gasteiger partial charge in [-0.1, -0.05) is 0 Å². The number of carbonyl (C=O) groups excluding carboxylic acids is 2. The number of rotatable bonds is 5. The molecule has 0 bridgehead atoms. The molecule has 0 radical (unpaired) electrons. The van der Waals surface area contributed by atoms with Crippen LogP contribution in [0.3, 0.4) is 0 Å². The van der Waals surface area contributed by atoms with Crippen LogP contribution in [0.15, 0.2) is 24.3 Å². The van der Waals surface area contributed by atoms with Crippen molar-refractivity contribution in [2.75, 3.05) is 82.8 Å². The van der Waals surface area contributed by atoms with E-state index >= 15 is 0 Å². The zero-order valence-electron chi connectivity index (χ0n) is 16.9. The SMILES string of the molecule is CCOC(=O)N1CCN(C(=O)CNc2ccc(N3CCN(C)CC3)cc2)CC1. The molecule has 0 aromatic heterocycles. The van der Waals surface area contributed by atoms with E-state index in [1.165, 1.54) is 5.69 Å². The molecule has 28 heavy (non-hydrogen) atoms. The zero-order chi connectivity index (χ0) is 19.9. The van der Waals surface area contributed by atoms with Gasteiger partial charge in [-0.05, 0) is 38.2 Å². The Balaban J connectivity index is 1.42. The largest absolute Gasteiger partial charge is 0.450 e. The number of anilines is 2. The average molecular weight is 390 g/mol. The van der Waals surface area contributed by atoms with Gasteiger partial charge in [-0.25, -0.2) is 4.79 Å². The Morgan fingerprint density at radius 3 is 2.14 bits per heavy atom. The van der Waals surface area contributed by atoms with Gasteiger partial charge in [0.15, 0.2) is 0 Å². The van der Waals surface area contributed by atoms with E-state index < -0.39 is 0 Å². The average Bonchev–Trinajstić information content (AvgIpc) is 2.73. The van der Waals surface area contributed by atoms with Crippen LogP contribution in [-0.4, -0.2) is 99.3 Å². The predicted molar refractivity (Wildman–Crippen MR) is 110 cm³/mol. The molecule has 8 heteroatoms. The summed E-state index contributed by atoms with van der Waals surface area (Å²) in [6.45, 7) is 8.79. The summed E-state index contributed by atoms with van der Waals surface area (Å²) in [5.41, 5.74) is 2.16. The Bertz CT molecular complexity index is 650. The minimum atomic E-state index is -0.298. The van der Waals surface area contributed by atoms with Crippen molar-refractivity contribution in [3.05, 3.63) is 24.3 Å². The maximum atomic E-state index is 12.4. The van der Waals surface area contributed by atoms with Gasteiger partial charge in [-0.3, -0.25) is 4.79 Å². The second kappa shape index (κ2) is 9.64. The number of nitrogens with zero attached hydrogens (tertiary/aromatic N) is 4. The van der Waals surface area contributed by atoms with E-state index in [4.69, 9.17) is 4.74 Å². The van der Waals surface area contributed by atoms with E-state index in [9.17, 15) is 9.59 Å². The molecular formula is C20H31N5O3. The molecule has 8 nitrogen and oxygen atoms in total. The van der Waals surface area contributed by atoms with Crippen molar-refractivity contribution in [1.29, 1.82) is 0 Å². The minimum Gasteiger partial charge on any atom is -0.450 e. The van der Waals surface area contributed by atoms with Crippen LogP contribution in [0.5, 0.6) is 0 Å². The lowest BCUT2D eigenvalue weighted by molar-refractivity contribution is -0.130. The lowest BCUT2D eigenvalue weighted by Crippen LogP contribution is -2.51. The number of piperazine rings is 2. The van der Waals surface area contributed by atoms with E-state index in [-0.39, 0.29) is 18.5 Å². The highest BCUT2D eigenvalue weighted by Gasteiger charge is 2.24. The third-order valence-corrected chi connectivity index (χ3v) is 5.34. The number of likely N-dealkylation sites (N-methyl/N-ethyl adjacent to an activating group) is 1. The van der Waals surface area contributed by atoms with Gasteiger partial charge in [0.05, 0.1) is 13.2 Å². The van der Waals surface area contributed by atoms with Crippen molar-refractivity contribution in [2.45, 2.75) is 6.92 Å². The number of hydrogen-bond donors (Lipinski definition) is 1. The molecule has 1 N–H and O–H groups in total. The van der Waals surface area contributed by atoms with Gasteiger partial charge < -0.3 is 29.7 Å². The van der Waals surface area contributed by atoms with Crippen LogP contribution in [0, 0.1) is 0 Å². The molecule has 1 aromatic rings. The number of carbonyl (C=O) groups is 2. The second-order valence-corrected chi connectivity index (χ2v) is 7.26. The summed E-state index contributed by atoms with van der Waals surface area (Å²) in [7, 11) is 2.15. The smallest absolute Gasteiger partial charge is 0.409 e. The number of amides is 2. The van der Waals surface area contributed by atoms with Gasteiger partial charge in [-0.15, -0.1) is 0 Å². The van der Waals surface area contributed by atoms with Crippen molar-refractivity contribution >= 4 is 23.4 Å². The minimum absolute atomic E-state index is 0.0478. The summed E-state index contributed by atoms with van der Waals surface area (Å²) in [4.78, 5) is 32.3. The first-order valence-corrected chi connectivity index (χ1v) is 10.0. The molecule has 2 aliphatic heterocycles. The fourth-order valence-electron chi connectivity index (χ4n) is 3.50. The van der Waals surface area contributed by atoms with E-state index in [1.807, 2.05) is 12.1 Å². The third kappa shape index (κ3) is 5.28. The Hall–Kier alpha value is -2.48. The summed E-state index contributed by atoms with van der Waals surface area (Å²) in [5, 5.41) is 3.21. The molecule has 2 amide bonds. The van der Waals surface area contributed by atoms with Gasteiger partial charge in [0.25, 0.3) is 0 Å². The van der Waals surface area contributed by atoms with Crippen LogP contribution in [0.4, 0.5) is 16.2 Å². The number of benzene rings is 1. The molecule has 2 heterocycles. The molecule has 2 saturated heterocycles. The molecule has 2 fully saturated rings. The molecule has 3 rings (SSSR count). The first kappa shape index (κ1) is 20.3. The topological polar surface area (TPSA) is 68.4 Å². The molecule has 0 spiro atoms. The van der Waals surface area contributed by atoms with Gasteiger partial charge >= 0.3 is 6.09 Å². The molecular weight excluding hydrogens is 358 g/mol. The second-order valence-electron chi connectivity index (χ2n) is 7.26. The van der Waals surface area contributed by atoms with Crippen LogP contribution in [0.1, 0.15) is 6.92 Å². The maximum Gasteiger partial charge on any atom is 0.409 e. The Morgan fingerprint density at radius 1 is 0.929 bits per heavy atom. The van der Waals surface area contributed by atoms with Crippen LogP contribution < -0.4 is 10.2 Å². The van der Waals surface area contributed by atoms with E-state index in [0.29, 0.717) is 32.8 Å². The number of nitrogens with one attached hydrogen (secondary N) is 1. The molecule has 0 saturated carbocycles.